The Balaban J connectivity index is 1.24. The van der Waals surface area contributed by atoms with E-state index in [0.29, 0.717) is 11.4 Å². The molecule has 0 spiro atoms. The summed E-state index contributed by atoms with van der Waals surface area (Å²) in [6, 6.07) is 23.2. The van der Waals surface area contributed by atoms with Gasteiger partial charge in [0.2, 0.25) is 0 Å². The molecule has 7 nitrogen and oxygen atoms in total. The van der Waals surface area contributed by atoms with E-state index >= 15 is 0 Å². The Kier molecular flexibility index (Phi) is 4.91. The first-order valence-electron chi connectivity index (χ1n) is 10.1. The average Bonchev–Trinajstić information content (AvgIpc) is 3.42. The maximum absolute atomic E-state index is 12.4. The summed E-state index contributed by atoms with van der Waals surface area (Å²) in [5.74, 6) is -1.04. The number of carbonyl (C=O) groups is 2. The van der Waals surface area contributed by atoms with Crippen LogP contribution < -0.4 is 5.32 Å². The summed E-state index contributed by atoms with van der Waals surface area (Å²) < 4.78 is 7.01. The maximum Gasteiger partial charge on any atom is 0.411 e. The molecule has 0 unspecified atom stereocenters. The summed E-state index contributed by atoms with van der Waals surface area (Å²) in [5.41, 5.74) is 6.02. The first-order chi connectivity index (χ1) is 15.6. The summed E-state index contributed by atoms with van der Waals surface area (Å²) >= 11 is 0. The zero-order valence-corrected chi connectivity index (χ0v) is 16.9. The predicted octanol–water partition coefficient (Wildman–Crippen LogP) is 4.93. The van der Waals surface area contributed by atoms with E-state index in [0.717, 1.165) is 11.1 Å². The van der Waals surface area contributed by atoms with Gasteiger partial charge in [-0.2, -0.15) is 5.10 Å². The van der Waals surface area contributed by atoms with E-state index in [2.05, 4.69) is 34.7 Å². The summed E-state index contributed by atoms with van der Waals surface area (Å²) in [6.07, 6.45) is 2.17. The highest BCUT2D eigenvalue weighted by atomic mass is 16.5. The van der Waals surface area contributed by atoms with Gasteiger partial charge in [-0.05, 0) is 46.5 Å². The van der Waals surface area contributed by atoms with Crippen LogP contribution in [0.25, 0.3) is 16.8 Å². The SMILES string of the molecule is O=C(Nc1ccc(-n2cc(C(=O)O)cn2)cc1)OCC1c2ccccc2-c2ccccc21. The van der Waals surface area contributed by atoms with Crippen LogP contribution in [0.5, 0.6) is 0 Å². The number of amides is 1. The van der Waals surface area contributed by atoms with Crippen molar-refractivity contribution < 1.29 is 19.4 Å². The van der Waals surface area contributed by atoms with Crippen molar-refractivity contribution in [3.63, 3.8) is 0 Å². The minimum absolute atomic E-state index is 0.00114. The summed E-state index contributed by atoms with van der Waals surface area (Å²) in [4.78, 5) is 23.4. The quantitative estimate of drug-likeness (QED) is 0.473. The van der Waals surface area contributed by atoms with Crippen molar-refractivity contribution in [2.24, 2.45) is 0 Å². The van der Waals surface area contributed by atoms with Crippen molar-refractivity contribution in [1.82, 2.24) is 9.78 Å². The lowest BCUT2D eigenvalue weighted by Gasteiger charge is -2.14. The third-order valence-corrected chi connectivity index (χ3v) is 5.55. The Labute approximate surface area is 183 Å². The molecule has 7 heteroatoms. The van der Waals surface area contributed by atoms with Gasteiger partial charge < -0.3 is 9.84 Å². The maximum atomic E-state index is 12.4. The molecule has 0 saturated heterocycles. The summed E-state index contributed by atoms with van der Waals surface area (Å²) in [6.45, 7) is 0.239. The number of carboxylic acids is 1. The monoisotopic (exact) mass is 425 g/mol. The Morgan fingerprint density at radius 1 is 0.938 bits per heavy atom. The second kappa shape index (κ2) is 8.03. The standard InChI is InChI=1S/C25H19N3O4/c29-24(30)16-13-26-28(14-16)18-11-9-17(10-12-18)27-25(31)32-15-23-21-7-3-1-5-19(21)20-6-2-4-8-22(20)23/h1-14,23H,15H2,(H,27,31)(H,29,30). The van der Waals surface area contributed by atoms with Crippen molar-refractivity contribution in [2.75, 3.05) is 11.9 Å². The molecule has 1 aliphatic rings. The number of aromatic carboxylic acids is 1. The van der Waals surface area contributed by atoms with Crippen molar-refractivity contribution in [3.05, 3.63) is 102 Å². The topological polar surface area (TPSA) is 93.5 Å². The van der Waals surface area contributed by atoms with Gasteiger partial charge in [0.25, 0.3) is 0 Å². The molecule has 0 atom stereocenters. The van der Waals surface area contributed by atoms with Crippen LogP contribution in [0, 0.1) is 0 Å². The minimum atomic E-state index is -1.04. The van der Waals surface area contributed by atoms with E-state index in [1.54, 1.807) is 24.3 Å². The number of carbonyl (C=O) groups excluding carboxylic acids is 1. The molecule has 0 saturated carbocycles. The van der Waals surface area contributed by atoms with E-state index in [-0.39, 0.29) is 18.1 Å². The fourth-order valence-electron chi connectivity index (χ4n) is 4.02. The van der Waals surface area contributed by atoms with Crippen molar-refractivity contribution in [2.45, 2.75) is 5.92 Å². The Bertz CT molecular complexity index is 1270. The number of anilines is 1. The Morgan fingerprint density at radius 2 is 1.56 bits per heavy atom. The van der Waals surface area contributed by atoms with Crippen molar-refractivity contribution >= 4 is 17.7 Å². The molecule has 0 fully saturated rings. The smallest absolute Gasteiger partial charge is 0.411 e. The number of ether oxygens (including phenoxy) is 1. The van der Waals surface area contributed by atoms with Gasteiger partial charge in [0.05, 0.1) is 17.4 Å². The molecule has 0 radical (unpaired) electrons. The highest BCUT2D eigenvalue weighted by Crippen LogP contribution is 2.44. The molecule has 5 rings (SSSR count). The number of benzene rings is 3. The van der Waals surface area contributed by atoms with Gasteiger partial charge in [0, 0.05) is 17.8 Å². The number of hydrogen-bond donors (Lipinski definition) is 2. The molecule has 1 amide bonds. The molecule has 1 heterocycles. The fraction of sp³-hybridized carbons (Fsp3) is 0.0800. The van der Waals surface area contributed by atoms with Gasteiger partial charge in [-0.1, -0.05) is 48.5 Å². The molecular weight excluding hydrogens is 406 g/mol. The minimum Gasteiger partial charge on any atom is -0.478 e. The molecule has 0 bridgehead atoms. The van der Waals surface area contributed by atoms with E-state index in [1.165, 1.54) is 28.2 Å². The largest absolute Gasteiger partial charge is 0.478 e. The van der Waals surface area contributed by atoms with Crippen molar-refractivity contribution in [1.29, 1.82) is 0 Å². The lowest BCUT2D eigenvalue weighted by Crippen LogP contribution is -2.17. The van der Waals surface area contributed by atoms with Gasteiger partial charge in [-0.3, -0.25) is 5.32 Å². The zero-order valence-electron chi connectivity index (χ0n) is 16.9. The van der Waals surface area contributed by atoms with Crippen LogP contribution in [0.2, 0.25) is 0 Å². The second-order valence-electron chi connectivity index (χ2n) is 7.48. The summed E-state index contributed by atoms with van der Waals surface area (Å²) in [7, 11) is 0. The van der Waals surface area contributed by atoms with Crippen molar-refractivity contribution in [3.8, 4) is 16.8 Å². The fourth-order valence-corrected chi connectivity index (χ4v) is 4.02. The molecular formula is C25H19N3O4. The number of carboxylic acid groups (broad SMARTS) is 1. The van der Waals surface area contributed by atoms with E-state index in [1.807, 2.05) is 24.3 Å². The number of nitrogens with zero attached hydrogens (tertiary/aromatic N) is 2. The lowest BCUT2D eigenvalue weighted by atomic mass is 9.98. The molecule has 3 aromatic carbocycles. The average molecular weight is 425 g/mol. The van der Waals surface area contributed by atoms with Crippen LogP contribution in [-0.4, -0.2) is 33.6 Å². The third-order valence-electron chi connectivity index (χ3n) is 5.55. The third kappa shape index (κ3) is 3.60. The van der Waals surface area contributed by atoms with Crippen LogP contribution in [-0.2, 0) is 4.74 Å². The second-order valence-corrected chi connectivity index (χ2v) is 7.48. The van der Waals surface area contributed by atoms with Crippen LogP contribution in [0.4, 0.5) is 10.5 Å². The molecule has 2 N–H and O–H groups in total. The van der Waals surface area contributed by atoms with Crippen LogP contribution >= 0.6 is 0 Å². The first-order valence-corrected chi connectivity index (χ1v) is 10.1. The number of hydrogen-bond acceptors (Lipinski definition) is 4. The molecule has 32 heavy (non-hydrogen) atoms. The van der Waals surface area contributed by atoms with Gasteiger partial charge in [-0.25, -0.2) is 14.3 Å². The number of nitrogens with one attached hydrogen (secondary N) is 1. The van der Waals surface area contributed by atoms with E-state index < -0.39 is 12.1 Å². The van der Waals surface area contributed by atoms with Crippen LogP contribution in [0.15, 0.2) is 85.2 Å². The number of rotatable bonds is 5. The highest BCUT2D eigenvalue weighted by Gasteiger charge is 2.29. The van der Waals surface area contributed by atoms with Crippen LogP contribution in [0.3, 0.4) is 0 Å². The van der Waals surface area contributed by atoms with E-state index in [9.17, 15) is 9.59 Å². The van der Waals surface area contributed by atoms with Gasteiger partial charge in [0.1, 0.15) is 6.61 Å². The molecule has 158 valence electrons. The van der Waals surface area contributed by atoms with Gasteiger partial charge in [0.15, 0.2) is 0 Å². The Morgan fingerprint density at radius 3 is 2.16 bits per heavy atom. The number of fused-ring (bicyclic) bond motifs is 3. The normalized spacial score (nSPS) is 12.1. The first kappa shape index (κ1) is 19.6. The molecule has 4 aromatic rings. The van der Waals surface area contributed by atoms with Gasteiger partial charge >= 0.3 is 12.1 Å². The Hall–Kier alpha value is -4.39. The number of aromatic nitrogens is 2. The van der Waals surface area contributed by atoms with Gasteiger partial charge in [-0.15, -0.1) is 0 Å². The predicted molar refractivity (Wildman–Crippen MR) is 119 cm³/mol. The molecule has 0 aliphatic heterocycles. The zero-order chi connectivity index (χ0) is 22.1. The molecule has 1 aromatic heterocycles. The lowest BCUT2D eigenvalue weighted by molar-refractivity contribution is 0.0696. The van der Waals surface area contributed by atoms with E-state index in [4.69, 9.17) is 9.84 Å². The summed E-state index contributed by atoms with van der Waals surface area (Å²) in [5, 5.41) is 15.8. The molecule has 1 aliphatic carbocycles. The van der Waals surface area contributed by atoms with Crippen LogP contribution in [0.1, 0.15) is 27.4 Å². The highest BCUT2D eigenvalue weighted by molar-refractivity contribution is 5.87.